The first-order chi connectivity index (χ1) is 29.9. The molecule has 268 valence electrons. The lowest BCUT2D eigenvalue weighted by atomic mass is 9.91. The summed E-state index contributed by atoms with van der Waals surface area (Å²) in [6.45, 7) is 0. The summed E-state index contributed by atoms with van der Waals surface area (Å²) in [7, 11) is 0. The van der Waals surface area contributed by atoms with Crippen LogP contribution in [-0.2, 0) is 0 Å². The molecule has 0 aliphatic rings. The van der Waals surface area contributed by atoms with Crippen LogP contribution in [0.1, 0.15) is 5.48 Å². The first kappa shape index (κ1) is 29.8. The van der Waals surface area contributed by atoms with Gasteiger partial charge in [-0.15, -0.1) is 0 Å². The van der Waals surface area contributed by atoms with E-state index in [-0.39, 0.29) is 35.4 Å². The van der Waals surface area contributed by atoms with Crippen molar-refractivity contribution in [2.45, 2.75) is 0 Å². The molecule has 10 aromatic carbocycles. The first-order valence-corrected chi connectivity index (χ1v) is 19.3. The Morgan fingerprint density at radius 2 is 0.702 bits per heavy atom. The third-order valence-electron chi connectivity index (χ3n) is 10.8. The summed E-state index contributed by atoms with van der Waals surface area (Å²) >= 11 is 0. The van der Waals surface area contributed by atoms with E-state index in [0.717, 1.165) is 55.3 Å². The molecule has 57 heavy (non-hydrogen) atoms. The van der Waals surface area contributed by atoms with E-state index in [1.807, 2.05) is 89.8 Å². The lowest BCUT2D eigenvalue weighted by molar-refractivity contribution is 1.28. The minimum absolute atomic E-state index is 0.0904. The quantitative estimate of drug-likeness (QED) is 0.151. The Balaban J connectivity index is 1.11. The smallest absolute Gasteiger partial charge is 0.0645 e. The van der Waals surface area contributed by atoms with Crippen molar-refractivity contribution in [2.75, 3.05) is 4.90 Å². The zero-order valence-electron chi connectivity index (χ0n) is 35.2. The van der Waals surface area contributed by atoms with E-state index in [9.17, 15) is 5.48 Å². The lowest BCUT2D eigenvalue weighted by Gasteiger charge is -2.26. The maximum absolute atomic E-state index is 9.58. The van der Waals surface area contributed by atoms with Gasteiger partial charge in [0.05, 0.1) is 5.48 Å². The Bertz CT molecular complexity index is 3190. The van der Waals surface area contributed by atoms with E-state index in [1.54, 1.807) is 0 Å². The third kappa shape index (κ3) is 6.66. The number of nitrogens with zero attached hydrogens (tertiary/aromatic N) is 1. The highest BCUT2D eigenvalue weighted by Gasteiger charge is 2.16. The summed E-state index contributed by atoms with van der Waals surface area (Å²) in [5, 5.41) is 4.22. The molecular formula is C56H39N. The minimum atomic E-state index is -0.117. The first-order valence-electron chi connectivity index (χ1n) is 21.3. The van der Waals surface area contributed by atoms with Crippen LogP contribution in [0.15, 0.2) is 236 Å². The summed E-state index contributed by atoms with van der Waals surface area (Å²) in [5.41, 5.74) is 11.3. The summed E-state index contributed by atoms with van der Waals surface area (Å²) in [6, 6.07) is 71.6. The van der Waals surface area contributed by atoms with Gasteiger partial charge in [0.1, 0.15) is 0 Å². The van der Waals surface area contributed by atoms with Crippen molar-refractivity contribution in [1.82, 2.24) is 0 Å². The van der Waals surface area contributed by atoms with Gasteiger partial charge in [-0.2, -0.15) is 0 Å². The van der Waals surface area contributed by atoms with Gasteiger partial charge >= 0.3 is 0 Å². The maximum atomic E-state index is 9.58. The van der Waals surface area contributed by atoms with Gasteiger partial charge in [0.25, 0.3) is 0 Å². The molecule has 0 unspecified atom stereocenters. The van der Waals surface area contributed by atoms with Crippen LogP contribution in [0.4, 0.5) is 17.1 Å². The van der Waals surface area contributed by atoms with Gasteiger partial charge in [0, 0.05) is 17.1 Å². The average molecular weight is 730 g/mol. The van der Waals surface area contributed by atoms with Crippen LogP contribution in [-0.4, -0.2) is 0 Å². The standard InChI is InChI=1S/C56H39N/c1-2-13-40(14-3-1)46-19-10-20-47(39-46)41-27-33-48(34-28-41)57(49-35-29-44(30-36-49)52-25-11-17-42-15-4-6-21-51(42)52)50-37-31-45(32-38-50)54-23-8-9-24-55(54)56-26-12-18-43-16-5-7-22-53(43)56/h1-39H/i29D,30D,35D,36D. The highest BCUT2D eigenvalue weighted by atomic mass is 15.1. The van der Waals surface area contributed by atoms with E-state index < -0.39 is 0 Å². The van der Waals surface area contributed by atoms with E-state index in [0.29, 0.717) is 16.9 Å². The predicted molar refractivity (Wildman–Crippen MR) is 243 cm³/mol. The van der Waals surface area contributed by atoms with Crippen molar-refractivity contribution in [3.8, 4) is 55.6 Å². The van der Waals surface area contributed by atoms with Crippen LogP contribution in [0.25, 0.3) is 77.2 Å². The fourth-order valence-corrected chi connectivity index (χ4v) is 7.93. The Hall–Kier alpha value is -7.48. The number of rotatable bonds is 8. The molecule has 0 fully saturated rings. The van der Waals surface area contributed by atoms with Crippen molar-refractivity contribution >= 4 is 38.6 Å². The zero-order valence-corrected chi connectivity index (χ0v) is 31.2. The van der Waals surface area contributed by atoms with Crippen LogP contribution in [0.2, 0.25) is 0 Å². The van der Waals surface area contributed by atoms with Crippen molar-refractivity contribution < 1.29 is 5.48 Å². The molecule has 1 nitrogen and oxygen atoms in total. The SMILES string of the molecule is [2H]c1c([2H])c(N(c2ccc(-c3cccc(-c4ccccc4)c3)cc2)c2ccc(-c3ccccc3-c3cccc4ccccc34)cc2)c([2H])c([2H])c1-c1cccc2ccccc12. The maximum Gasteiger partial charge on any atom is 0.0645 e. The summed E-state index contributed by atoms with van der Waals surface area (Å²) < 4.78 is 38.0. The number of fused-ring (bicyclic) bond motifs is 2. The molecule has 0 saturated heterocycles. The highest BCUT2D eigenvalue weighted by molar-refractivity contribution is 6.01. The van der Waals surface area contributed by atoms with E-state index in [2.05, 4.69) is 127 Å². The van der Waals surface area contributed by atoms with Crippen LogP contribution >= 0.6 is 0 Å². The summed E-state index contributed by atoms with van der Waals surface area (Å²) in [4.78, 5) is 1.86. The van der Waals surface area contributed by atoms with Crippen LogP contribution in [0.3, 0.4) is 0 Å². The predicted octanol–water partition coefficient (Wildman–Crippen LogP) is 15.8. The van der Waals surface area contributed by atoms with Gasteiger partial charge in [-0.1, -0.05) is 194 Å². The van der Waals surface area contributed by atoms with E-state index in [1.165, 1.54) is 10.8 Å². The number of hydrogen-bond donors (Lipinski definition) is 0. The molecule has 0 N–H and O–H groups in total. The Morgan fingerprint density at radius 1 is 0.263 bits per heavy atom. The second kappa shape index (κ2) is 15.0. The van der Waals surface area contributed by atoms with Gasteiger partial charge in [-0.3, -0.25) is 0 Å². The lowest BCUT2D eigenvalue weighted by Crippen LogP contribution is -2.09. The molecule has 0 heterocycles. The average Bonchev–Trinajstić information content (AvgIpc) is 3.33. The molecule has 0 saturated carbocycles. The monoisotopic (exact) mass is 729 g/mol. The number of benzene rings is 10. The highest BCUT2D eigenvalue weighted by Crippen LogP contribution is 2.41. The second-order valence-corrected chi connectivity index (χ2v) is 14.2. The van der Waals surface area contributed by atoms with Crippen LogP contribution < -0.4 is 4.90 Å². The van der Waals surface area contributed by atoms with Crippen LogP contribution in [0.5, 0.6) is 0 Å². The molecule has 10 rings (SSSR count). The van der Waals surface area contributed by atoms with Gasteiger partial charge in [-0.25, -0.2) is 0 Å². The zero-order chi connectivity index (χ0) is 41.5. The van der Waals surface area contributed by atoms with Crippen molar-refractivity contribution in [2.24, 2.45) is 0 Å². The van der Waals surface area contributed by atoms with E-state index >= 15 is 0 Å². The molecule has 0 atom stereocenters. The molecule has 10 aromatic rings. The normalized spacial score (nSPS) is 12.1. The Kier molecular flexibility index (Phi) is 7.84. The van der Waals surface area contributed by atoms with Crippen LogP contribution in [0, 0.1) is 0 Å². The Labute approximate surface area is 340 Å². The molecule has 0 aromatic heterocycles. The summed E-state index contributed by atoms with van der Waals surface area (Å²) in [6.07, 6.45) is 0. The van der Waals surface area contributed by atoms with Crippen molar-refractivity contribution in [3.63, 3.8) is 0 Å². The summed E-state index contributed by atoms with van der Waals surface area (Å²) in [5.74, 6) is 0. The molecular weight excluding hydrogens is 687 g/mol. The van der Waals surface area contributed by atoms with Gasteiger partial charge in [0.15, 0.2) is 0 Å². The van der Waals surface area contributed by atoms with Gasteiger partial charge < -0.3 is 4.90 Å². The molecule has 1 heteroatoms. The number of anilines is 3. The van der Waals surface area contributed by atoms with E-state index in [4.69, 9.17) is 0 Å². The molecule has 0 aliphatic heterocycles. The molecule has 0 radical (unpaired) electrons. The minimum Gasteiger partial charge on any atom is -0.311 e. The van der Waals surface area contributed by atoms with Gasteiger partial charge in [-0.05, 0) is 120 Å². The fraction of sp³-hybridized carbons (Fsp3) is 0. The Morgan fingerprint density at radius 3 is 1.35 bits per heavy atom. The topological polar surface area (TPSA) is 3.24 Å². The fourth-order valence-electron chi connectivity index (χ4n) is 7.93. The van der Waals surface area contributed by atoms with Crippen molar-refractivity contribution in [3.05, 3.63) is 236 Å². The molecule has 0 spiro atoms. The third-order valence-corrected chi connectivity index (χ3v) is 10.8. The molecule has 0 bridgehead atoms. The molecule has 0 amide bonds. The second-order valence-electron chi connectivity index (χ2n) is 14.2. The molecule has 0 aliphatic carbocycles. The number of hydrogen-bond acceptors (Lipinski definition) is 1. The largest absolute Gasteiger partial charge is 0.311 e. The van der Waals surface area contributed by atoms with Gasteiger partial charge in [0.2, 0.25) is 0 Å². The van der Waals surface area contributed by atoms with Crippen molar-refractivity contribution in [1.29, 1.82) is 0 Å².